The summed E-state index contributed by atoms with van der Waals surface area (Å²) in [7, 11) is 2.13. The first-order valence-electron chi connectivity index (χ1n) is 9.75. The van der Waals surface area contributed by atoms with Crippen molar-refractivity contribution in [1.29, 1.82) is 5.26 Å². The van der Waals surface area contributed by atoms with Crippen LogP contribution in [0.3, 0.4) is 0 Å². The number of hydrazine groups is 1. The lowest BCUT2D eigenvalue weighted by Gasteiger charge is -2.32. The number of para-hydroxylation sites is 1. The van der Waals surface area contributed by atoms with E-state index in [2.05, 4.69) is 39.5 Å². The SMILES string of the molecule is CC(C#N)Oc1ccc(-c2cccc3cnc(NN4CCN(C)CC4)nc23)cc1. The number of anilines is 1. The maximum atomic E-state index is 8.90. The summed E-state index contributed by atoms with van der Waals surface area (Å²) in [6, 6.07) is 15.9. The number of rotatable bonds is 5. The van der Waals surface area contributed by atoms with Crippen molar-refractivity contribution < 1.29 is 4.74 Å². The molecule has 2 aromatic carbocycles. The summed E-state index contributed by atoms with van der Waals surface area (Å²) in [6.45, 7) is 5.63. The molecule has 29 heavy (non-hydrogen) atoms. The lowest BCUT2D eigenvalue weighted by atomic mass is 10.0. The Labute approximate surface area is 170 Å². The summed E-state index contributed by atoms with van der Waals surface area (Å²) in [4.78, 5) is 11.6. The molecular formula is C22H24N6O. The number of ether oxygens (including phenoxy) is 1. The first-order chi connectivity index (χ1) is 14.1. The second-order valence-electron chi connectivity index (χ2n) is 7.25. The zero-order chi connectivity index (χ0) is 20.2. The molecule has 1 atom stereocenters. The molecule has 0 bridgehead atoms. The van der Waals surface area contributed by atoms with Gasteiger partial charge >= 0.3 is 0 Å². The first kappa shape index (κ1) is 19.1. The minimum absolute atomic E-state index is 0.477. The molecular weight excluding hydrogens is 364 g/mol. The van der Waals surface area contributed by atoms with E-state index in [1.165, 1.54) is 0 Å². The molecule has 0 radical (unpaired) electrons. The maximum absolute atomic E-state index is 8.90. The zero-order valence-electron chi connectivity index (χ0n) is 16.7. The third kappa shape index (κ3) is 4.45. The number of aromatic nitrogens is 2. The third-order valence-corrected chi connectivity index (χ3v) is 5.03. The van der Waals surface area contributed by atoms with Gasteiger partial charge < -0.3 is 9.64 Å². The van der Waals surface area contributed by atoms with Crippen LogP contribution >= 0.6 is 0 Å². The fourth-order valence-electron chi connectivity index (χ4n) is 3.35. The number of hydrogen-bond donors (Lipinski definition) is 1. The van der Waals surface area contributed by atoms with Gasteiger partial charge in [0.15, 0.2) is 6.10 Å². The molecule has 1 N–H and O–H groups in total. The van der Waals surface area contributed by atoms with Crippen LogP contribution in [0.2, 0.25) is 0 Å². The van der Waals surface area contributed by atoms with E-state index in [0.29, 0.717) is 11.7 Å². The number of nitrogens with zero attached hydrogens (tertiary/aromatic N) is 5. The molecule has 7 nitrogen and oxygen atoms in total. The Kier molecular flexibility index (Phi) is 5.56. The van der Waals surface area contributed by atoms with Crippen molar-refractivity contribution in [3.05, 3.63) is 48.7 Å². The lowest BCUT2D eigenvalue weighted by molar-refractivity contribution is 0.178. The van der Waals surface area contributed by atoms with E-state index in [9.17, 15) is 0 Å². The van der Waals surface area contributed by atoms with Crippen LogP contribution in [0.4, 0.5) is 5.95 Å². The van der Waals surface area contributed by atoms with Crippen LogP contribution in [-0.4, -0.2) is 59.2 Å². The number of nitrogens with one attached hydrogen (secondary N) is 1. The molecule has 148 valence electrons. The topological polar surface area (TPSA) is 77.3 Å². The average Bonchev–Trinajstić information content (AvgIpc) is 2.75. The minimum Gasteiger partial charge on any atom is -0.476 e. The lowest BCUT2D eigenvalue weighted by Crippen LogP contribution is -2.47. The largest absolute Gasteiger partial charge is 0.476 e. The van der Waals surface area contributed by atoms with E-state index in [0.717, 1.165) is 48.2 Å². The molecule has 2 heterocycles. The normalized spacial score (nSPS) is 16.3. The van der Waals surface area contributed by atoms with Gasteiger partial charge in [-0.3, -0.25) is 5.43 Å². The van der Waals surface area contributed by atoms with Gasteiger partial charge in [0, 0.05) is 43.3 Å². The van der Waals surface area contributed by atoms with Crippen molar-refractivity contribution in [3.8, 4) is 22.9 Å². The highest BCUT2D eigenvalue weighted by Gasteiger charge is 2.15. The molecule has 1 fully saturated rings. The van der Waals surface area contributed by atoms with Gasteiger partial charge in [0.1, 0.15) is 11.8 Å². The third-order valence-electron chi connectivity index (χ3n) is 5.03. The molecule has 7 heteroatoms. The predicted octanol–water partition coefficient (Wildman–Crippen LogP) is 3.16. The summed E-state index contributed by atoms with van der Waals surface area (Å²) < 4.78 is 5.55. The van der Waals surface area contributed by atoms with Crippen LogP contribution in [0.1, 0.15) is 6.92 Å². The summed E-state index contributed by atoms with van der Waals surface area (Å²) in [5, 5.41) is 12.1. The zero-order valence-corrected chi connectivity index (χ0v) is 16.7. The Bertz CT molecular complexity index is 1020. The van der Waals surface area contributed by atoms with Crippen molar-refractivity contribution in [2.24, 2.45) is 0 Å². The number of piperazine rings is 1. The molecule has 4 rings (SSSR count). The smallest absolute Gasteiger partial charge is 0.238 e. The Morgan fingerprint density at radius 2 is 1.86 bits per heavy atom. The Hall–Kier alpha value is -3.21. The van der Waals surface area contributed by atoms with Crippen LogP contribution in [0.15, 0.2) is 48.7 Å². The monoisotopic (exact) mass is 388 g/mol. The Morgan fingerprint density at radius 1 is 1.10 bits per heavy atom. The highest BCUT2D eigenvalue weighted by atomic mass is 16.5. The van der Waals surface area contributed by atoms with Crippen LogP contribution in [0, 0.1) is 11.3 Å². The number of likely N-dealkylation sites (N-methyl/N-ethyl adjacent to an activating group) is 1. The number of hydrogen-bond acceptors (Lipinski definition) is 7. The molecule has 0 saturated carbocycles. The standard InChI is InChI=1S/C22H24N6O/c1-16(14-23)29-19-8-6-17(7-9-19)20-5-3-4-18-15-24-22(25-21(18)20)26-28-12-10-27(2)11-13-28/h3-9,15-16H,10-13H2,1-2H3,(H,24,25,26). The van der Waals surface area contributed by atoms with Crippen LogP contribution in [-0.2, 0) is 0 Å². The van der Waals surface area contributed by atoms with Gasteiger partial charge in [0.2, 0.25) is 5.95 Å². The fourth-order valence-corrected chi connectivity index (χ4v) is 3.35. The molecule has 0 spiro atoms. The first-order valence-corrected chi connectivity index (χ1v) is 9.75. The molecule has 1 aliphatic rings. The summed E-state index contributed by atoms with van der Waals surface area (Å²) in [5.74, 6) is 1.28. The van der Waals surface area contributed by atoms with Crippen molar-refractivity contribution in [1.82, 2.24) is 19.9 Å². The van der Waals surface area contributed by atoms with Crippen LogP contribution < -0.4 is 10.2 Å². The van der Waals surface area contributed by atoms with Gasteiger partial charge in [-0.15, -0.1) is 0 Å². The molecule has 1 aromatic heterocycles. The van der Waals surface area contributed by atoms with E-state index < -0.39 is 6.10 Å². The van der Waals surface area contributed by atoms with E-state index in [1.54, 1.807) is 6.92 Å². The second kappa shape index (κ2) is 8.43. The van der Waals surface area contributed by atoms with Gasteiger partial charge in [0.25, 0.3) is 0 Å². The van der Waals surface area contributed by atoms with E-state index in [-0.39, 0.29) is 0 Å². The van der Waals surface area contributed by atoms with Crippen LogP contribution in [0.25, 0.3) is 22.0 Å². The summed E-state index contributed by atoms with van der Waals surface area (Å²) in [5.41, 5.74) is 6.32. The van der Waals surface area contributed by atoms with E-state index in [1.807, 2.05) is 42.6 Å². The van der Waals surface area contributed by atoms with E-state index in [4.69, 9.17) is 15.0 Å². The van der Waals surface area contributed by atoms with E-state index >= 15 is 0 Å². The van der Waals surface area contributed by atoms with Gasteiger partial charge in [-0.2, -0.15) is 5.26 Å². The maximum Gasteiger partial charge on any atom is 0.238 e. The van der Waals surface area contributed by atoms with Gasteiger partial charge in [-0.1, -0.05) is 30.3 Å². The van der Waals surface area contributed by atoms with Crippen molar-refractivity contribution in [2.75, 3.05) is 38.7 Å². The van der Waals surface area contributed by atoms with Gasteiger partial charge in [-0.25, -0.2) is 15.0 Å². The highest BCUT2D eigenvalue weighted by Crippen LogP contribution is 2.29. The Balaban J connectivity index is 1.60. The Morgan fingerprint density at radius 3 is 2.59 bits per heavy atom. The van der Waals surface area contributed by atoms with Crippen molar-refractivity contribution >= 4 is 16.9 Å². The van der Waals surface area contributed by atoms with Crippen molar-refractivity contribution in [3.63, 3.8) is 0 Å². The van der Waals surface area contributed by atoms with Gasteiger partial charge in [0.05, 0.1) is 5.52 Å². The average molecular weight is 388 g/mol. The predicted molar refractivity (Wildman–Crippen MR) is 113 cm³/mol. The second-order valence-corrected chi connectivity index (χ2v) is 7.25. The van der Waals surface area contributed by atoms with Gasteiger partial charge in [-0.05, 0) is 31.7 Å². The molecule has 3 aromatic rings. The molecule has 1 aliphatic heterocycles. The number of benzene rings is 2. The molecule has 0 aliphatic carbocycles. The van der Waals surface area contributed by atoms with Crippen LogP contribution in [0.5, 0.6) is 5.75 Å². The molecule has 1 saturated heterocycles. The quantitative estimate of drug-likeness (QED) is 0.719. The number of fused-ring (bicyclic) bond motifs is 1. The molecule has 1 unspecified atom stereocenters. The van der Waals surface area contributed by atoms with Crippen molar-refractivity contribution in [2.45, 2.75) is 13.0 Å². The number of nitriles is 1. The summed E-state index contributed by atoms with van der Waals surface area (Å²) in [6.07, 6.45) is 1.38. The minimum atomic E-state index is -0.477. The molecule has 0 amide bonds. The fraction of sp³-hybridized carbons (Fsp3) is 0.318. The summed E-state index contributed by atoms with van der Waals surface area (Å²) >= 11 is 0. The highest BCUT2D eigenvalue weighted by molar-refractivity contribution is 5.93.